The zero-order valence-corrected chi connectivity index (χ0v) is 23.4. The number of nitrogens with zero attached hydrogens (tertiary/aromatic N) is 3. The molecule has 4 heterocycles. The maximum atomic E-state index is 4.95. The lowest BCUT2D eigenvalue weighted by atomic mass is 9.90. The van der Waals surface area contributed by atoms with E-state index in [-0.39, 0.29) is 0 Å². The van der Waals surface area contributed by atoms with E-state index in [1.807, 2.05) is 0 Å². The summed E-state index contributed by atoms with van der Waals surface area (Å²) in [6.45, 7) is 0. The number of para-hydroxylation sites is 2. The second-order valence-corrected chi connectivity index (χ2v) is 11.0. The highest BCUT2D eigenvalue weighted by atomic mass is 15.1. The molecule has 43 heavy (non-hydrogen) atoms. The van der Waals surface area contributed by atoms with Crippen molar-refractivity contribution < 1.29 is 4.40 Å². The summed E-state index contributed by atoms with van der Waals surface area (Å²) >= 11 is 0. The molecule has 4 aromatic heterocycles. The summed E-state index contributed by atoms with van der Waals surface area (Å²) < 4.78 is 4.98. The Morgan fingerprint density at radius 2 is 0.953 bits per heavy atom. The molecule has 0 saturated carbocycles. The largest absolute Gasteiger partial charge is 0.301 e. The lowest BCUT2D eigenvalue weighted by molar-refractivity contribution is -0.466. The highest BCUT2D eigenvalue weighted by molar-refractivity contribution is 6.20. The van der Waals surface area contributed by atoms with Crippen LogP contribution in [0, 0.1) is 0 Å². The van der Waals surface area contributed by atoms with Gasteiger partial charge in [-0.1, -0.05) is 133 Å². The fourth-order valence-corrected chi connectivity index (χ4v) is 6.94. The number of aromatic nitrogens is 3. The van der Waals surface area contributed by atoms with Gasteiger partial charge < -0.3 is 0 Å². The van der Waals surface area contributed by atoms with Crippen molar-refractivity contribution >= 4 is 32.8 Å². The second-order valence-electron chi connectivity index (χ2n) is 11.0. The van der Waals surface area contributed by atoms with Crippen LogP contribution in [0.15, 0.2) is 158 Å². The van der Waals surface area contributed by atoms with Crippen LogP contribution in [0.25, 0.3) is 77.6 Å². The molecule has 0 aliphatic rings. The van der Waals surface area contributed by atoms with Crippen LogP contribution in [0.3, 0.4) is 0 Å². The molecule has 0 radical (unpaired) electrons. The van der Waals surface area contributed by atoms with Crippen LogP contribution in [0.2, 0.25) is 0 Å². The van der Waals surface area contributed by atoms with Gasteiger partial charge in [0.05, 0.1) is 5.39 Å². The van der Waals surface area contributed by atoms with Gasteiger partial charge in [0, 0.05) is 45.4 Å². The first-order chi connectivity index (χ1) is 21.4. The molecule has 3 heteroatoms. The first-order valence-corrected chi connectivity index (χ1v) is 14.7. The van der Waals surface area contributed by atoms with Gasteiger partial charge >= 0.3 is 5.65 Å². The van der Waals surface area contributed by atoms with E-state index < -0.39 is 0 Å². The van der Waals surface area contributed by atoms with E-state index in [4.69, 9.17) is 4.98 Å². The normalized spacial score (nSPS) is 11.7. The van der Waals surface area contributed by atoms with E-state index in [2.05, 4.69) is 167 Å². The molecule has 0 bridgehead atoms. The molecule has 0 aliphatic heterocycles. The molecule has 200 valence electrons. The fraction of sp³-hybridized carbons (Fsp3) is 0. The fourth-order valence-electron chi connectivity index (χ4n) is 6.94. The molecule has 0 aliphatic carbocycles. The highest BCUT2D eigenvalue weighted by Gasteiger charge is 2.34. The van der Waals surface area contributed by atoms with E-state index in [9.17, 15) is 0 Å². The maximum absolute atomic E-state index is 4.95. The second kappa shape index (κ2) is 9.37. The van der Waals surface area contributed by atoms with Gasteiger partial charge in [-0.15, -0.1) is 0 Å². The Morgan fingerprint density at radius 1 is 0.465 bits per heavy atom. The summed E-state index contributed by atoms with van der Waals surface area (Å²) in [6.07, 6.45) is 4.12. The van der Waals surface area contributed by atoms with Crippen LogP contribution in [0.1, 0.15) is 0 Å². The van der Waals surface area contributed by atoms with E-state index in [1.54, 1.807) is 0 Å². The lowest BCUT2D eigenvalue weighted by Crippen LogP contribution is -2.26. The van der Waals surface area contributed by atoms with Crippen LogP contribution in [-0.4, -0.2) is 9.38 Å². The minimum atomic E-state index is 1.15. The minimum Gasteiger partial charge on any atom is -0.263 e. The number of benzene rings is 5. The van der Waals surface area contributed by atoms with Crippen LogP contribution < -0.4 is 4.40 Å². The van der Waals surface area contributed by atoms with Crippen LogP contribution in [-0.2, 0) is 0 Å². The van der Waals surface area contributed by atoms with Gasteiger partial charge in [-0.2, -0.15) is 8.80 Å². The van der Waals surface area contributed by atoms with Gasteiger partial charge in [-0.25, -0.2) is 0 Å². The van der Waals surface area contributed by atoms with Crippen LogP contribution >= 0.6 is 0 Å². The van der Waals surface area contributed by atoms with Crippen molar-refractivity contribution in [2.24, 2.45) is 0 Å². The highest BCUT2D eigenvalue weighted by Crippen LogP contribution is 2.46. The molecule has 0 saturated heterocycles. The molecule has 0 atom stereocenters. The van der Waals surface area contributed by atoms with Crippen molar-refractivity contribution in [2.45, 2.75) is 0 Å². The zero-order chi connectivity index (χ0) is 28.3. The van der Waals surface area contributed by atoms with Gasteiger partial charge in [-0.05, 0) is 23.3 Å². The van der Waals surface area contributed by atoms with E-state index in [1.165, 1.54) is 61.2 Å². The van der Waals surface area contributed by atoms with Crippen molar-refractivity contribution in [2.75, 3.05) is 0 Å². The van der Waals surface area contributed by atoms with Crippen LogP contribution in [0.4, 0.5) is 0 Å². The predicted molar refractivity (Wildman–Crippen MR) is 176 cm³/mol. The van der Waals surface area contributed by atoms with Crippen molar-refractivity contribution in [3.63, 3.8) is 0 Å². The Morgan fingerprint density at radius 3 is 1.58 bits per heavy atom. The number of fused-ring (bicyclic) bond motifs is 3. The smallest absolute Gasteiger partial charge is 0.263 e. The molecule has 0 spiro atoms. The molecular formula is C40H26N3+. The number of hydrogen-bond donors (Lipinski definition) is 0. The van der Waals surface area contributed by atoms with Crippen LogP contribution in [0.5, 0.6) is 0 Å². The number of imidazole rings is 1. The molecule has 3 nitrogen and oxygen atoms in total. The van der Waals surface area contributed by atoms with E-state index >= 15 is 0 Å². The van der Waals surface area contributed by atoms with Gasteiger partial charge in [0.1, 0.15) is 11.4 Å². The van der Waals surface area contributed by atoms with E-state index in [0.29, 0.717) is 0 Å². The molecule has 0 N–H and O–H groups in total. The third-order valence-electron chi connectivity index (χ3n) is 8.64. The molecule has 0 amide bonds. The summed E-state index contributed by atoms with van der Waals surface area (Å²) in [4.78, 5) is 4.95. The summed E-state index contributed by atoms with van der Waals surface area (Å²) in [5, 5.41) is 3.50. The number of pyridine rings is 3. The average molecular weight is 549 g/mol. The van der Waals surface area contributed by atoms with Gasteiger partial charge in [0.25, 0.3) is 0 Å². The Kier molecular flexibility index (Phi) is 5.20. The summed E-state index contributed by atoms with van der Waals surface area (Å²) in [5.41, 5.74) is 12.9. The topological polar surface area (TPSA) is 21.4 Å². The number of rotatable bonds is 4. The SMILES string of the molecule is c1ccc(-c2c(-c3ccccc3)n3c4ccccc4[n+]4c(-c5ccccc5)c(-c5ccccc5)c5cncc2c5c34)cc1. The summed E-state index contributed by atoms with van der Waals surface area (Å²) in [7, 11) is 0. The van der Waals surface area contributed by atoms with Crippen molar-refractivity contribution in [1.82, 2.24) is 9.38 Å². The summed E-state index contributed by atoms with van der Waals surface area (Å²) in [5.74, 6) is 0. The monoisotopic (exact) mass is 548 g/mol. The Hall–Kier alpha value is -5.80. The minimum absolute atomic E-state index is 1.15. The third kappa shape index (κ3) is 3.42. The average Bonchev–Trinajstić information content (AvgIpc) is 3.43. The van der Waals surface area contributed by atoms with Gasteiger partial charge in [-0.3, -0.25) is 4.98 Å². The molecule has 9 rings (SSSR count). The van der Waals surface area contributed by atoms with Gasteiger partial charge in [0.2, 0.25) is 0 Å². The Bertz CT molecular complexity index is 2240. The van der Waals surface area contributed by atoms with E-state index in [0.717, 1.165) is 16.4 Å². The molecule has 5 aromatic carbocycles. The van der Waals surface area contributed by atoms with Gasteiger partial charge in [0.15, 0.2) is 11.0 Å². The molecular weight excluding hydrogens is 522 g/mol. The quantitative estimate of drug-likeness (QED) is 0.201. The zero-order valence-electron chi connectivity index (χ0n) is 23.4. The molecule has 0 fully saturated rings. The van der Waals surface area contributed by atoms with Crippen molar-refractivity contribution in [3.8, 4) is 44.8 Å². The Labute approximate surface area is 248 Å². The Balaban J connectivity index is 1.65. The van der Waals surface area contributed by atoms with Crippen molar-refractivity contribution in [3.05, 3.63) is 158 Å². The first kappa shape index (κ1) is 23.9. The number of hydrogen-bond acceptors (Lipinski definition) is 1. The standard InChI is InChI=1S/C40H26N3/c1-5-15-27(16-6-1)35-31-25-41-26-32-36(28-17-7-2-8-18-28)39(30-21-11-4-12-22-30)43-34-24-14-13-23-33(34)42(40(43)37(31)32)38(35)29-19-9-3-10-20-29/h1-26H/q+1. The maximum Gasteiger partial charge on any atom is 0.301 e. The summed E-state index contributed by atoms with van der Waals surface area (Å²) in [6, 6.07) is 51.9. The first-order valence-electron chi connectivity index (χ1n) is 14.7. The third-order valence-corrected chi connectivity index (χ3v) is 8.64. The van der Waals surface area contributed by atoms with Crippen molar-refractivity contribution in [1.29, 1.82) is 0 Å². The predicted octanol–water partition coefficient (Wildman–Crippen LogP) is 9.49. The molecule has 9 aromatic rings. The lowest BCUT2D eigenvalue weighted by Gasteiger charge is -2.18. The molecule has 0 unspecified atom stereocenters.